The summed E-state index contributed by atoms with van der Waals surface area (Å²) in [5.41, 5.74) is 1.64. The molecule has 1 aliphatic rings. The third-order valence-electron chi connectivity index (χ3n) is 4.06. The van der Waals surface area contributed by atoms with Crippen molar-refractivity contribution in [2.75, 3.05) is 26.2 Å². The maximum absolute atomic E-state index is 12.8. The molecule has 0 spiro atoms. The highest BCUT2D eigenvalue weighted by Gasteiger charge is 2.35. The second-order valence-electron chi connectivity index (χ2n) is 5.68. The first-order valence-electron chi connectivity index (χ1n) is 7.15. The highest BCUT2D eigenvalue weighted by molar-refractivity contribution is 6.02. The van der Waals surface area contributed by atoms with Crippen LogP contribution in [0.3, 0.4) is 0 Å². The van der Waals surface area contributed by atoms with Crippen LogP contribution in [0.15, 0.2) is 24.3 Å². The molecule has 1 heterocycles. The van der Waals surface area contributed by atoms with Gasteiger partial charge in [-0.05, 0) is 31.9 Å². The molecule has 0 unspecified atom stereocenters. The number of nitrogens with one attached hydrogen (secondary N) is 1. The minimum atomic E-state index is -0.422. The van der Waals surface area contributed by atoms with E-state index in [4.69, 9.17) is 0 Å². The number of hydrogen-bond donors (Lipinski definition) is 1. The summed E-state index contributed by atoms with van der Waals surface area (Å²) >= 11 is 0. The van der Waals surface area contributed by atoms with E-state index in [0.29, 0.717) is 0 Å². The van der Waals surface area contributed by atoms with Gasteiger partial charge in [-0.3, -0.25) is 9.69 Å². The maximum atomic E-state index is 12.8. The van der Waals surface area contributed by atoms with Gasteiger partial charge in [0.2, 0.25) is 0 Å². The molecule has 0 radical (unpaired) electrons. The fourth-order valence-electron chi connectivity index (χ4n) is 2.65. The third kappa shape index (κ3) is 3.04. The molecule has 104 valence electrons. The van der Waals surface area contributed by atoms with Gasteiger partial charge in [0.05, 0.1) is 5.54 Å². The third-order valence-corrected chi connectivity index (χ3v) is 4.06. The standard InChI is InChI=1S/C16H24N2O/c1-4-13-6-5-7-14(12-13)15(19)16(2,3)18-10-8-17-9-11-18/h5-7,12,17H,4,8-11H2,1-3H3. The zero-order valence-corrected chi connectivity index (χ0v) is 12.2. The summed E-state index contributed by atoms with van der Waals surface area (Å²) in [5, 5.41) is 3.33. The molecule has 0 atom stereocenters. The van der Waals surface area contributed by atoms with Gasteiger partial charge >= 0.3 is 0 Å². The maximum Gasteiger partial charge on any atom is 0.182 e. The summed E-state index contributed by atoms with van der Waals surface area (Å²) in [5.74, 6) is 0.227. The normalized spacial score (nSPS) is 17.4. The van der Waals surface area contributed by atoms with Gasteiger partial charge in [-0.25, -0.2) is 0 Å². The van der Waals surface area contributed by atoms with Gasteiger partial charge in [0.15, 0.2) is 5.78 Å². The highest BCUT2D eigenvalue weighted by atomic mass is 16.1. The van der Waals surface area contributed by atoms with Crippen molar-refractivity contribution >= 4 is 5.78 Å². The molecular formula is C16H24N2O. The van der Waals surface area contributed by atoms with E-state index in [1.807, 2.05) is 32.0 Å². The fourth-order valence-corrected chi connectivity index (χ4v) is 2.65. The van der Waals surface area contributed by atoms with Crippen molar-refractivity contribution in [3.63, 3.8) is 0 Å². The second-order valence-corrected chi connectivity index (χ2v) is 5.68. The van der Waals surface area contributed by atoms with Crippen LogP contribution in [0.1, 0.15) is 36.7 Å². The Kier molecular flexibility index (Phi) is 4.38. The van der Waals surface area contributed by atoms with Crippen molar-refractivity contribution in [2.45, 2.75) is 32.7 Å². The van der Waals surface area contributed by atoms with Crippen molar-refractivity contribution in [3.05, 3.63) is 35.4 Å². The molecule has 19 heavy (non-hydrogen) atoms. The van der Waals surface area contributed by atoms with E-state index in [1.165, 1.54) is 5.56 Å². The van der Waals surface area contributed by atoms with Gasteiger partial charge in [-0.15, -0.1) is 0 Å². The lowest BCUT2D eigenvalue weighted by atomic mass is 9.90. The van der Waals surface area contributed by atoms with E-state index < -0.39 is 5.54 Å². The average molecular weight is 260 g/mol. The van der Waals surface area contributed by atoms with Crippen molar-refractivity contribution in [2.24, 2.45) is 0 Å². The first-order valence-corrected chi connectivity index (χ1v) is 7.15. The summed E-state index contributed by atoms with van der Waals surface area (Å²) in [7, 11) is 0. The Labute approximate surface area is 116 Å². The zero-order valence-electron chi connectivity index (χ0n) is 12.2. The Balaban J connectivity index is 2.20. The van der Waals surface area contributed by atoms with Crippen LogP contribution >= 0.6 is 0 Å². The number of Topliss-reactive ketones (excluding diaryl/α,β-unsaturated/α-hetero) is 1. The predicted octanol–water partition coefficient (Wildman–Crippen LogP) is 2.12. The minimum absolute atomic E-state index is 0.227. The van der Waals surface area contributed by atoms with Crippen LogP contribution in [0.4, 0.5) is 0 Å². The van der Waals surface area contributed by atoms with Crippen LogP contribution < -0.4 is 5.32 Å². The summed E-state index contributed by atoms with van der Waals surface area (Å²) in [6.07, 6.45) is 0.967. The number of nitrogens with zero attached hydrogens (tertiary/aromatic N) is 1. The SMILES string of the molecule is CCc1cccc(C(=O)C(C)(C)N2CCNCC2)c1. The van der Waals surface area contributed by atoms with E-state index in [1.54, 1.807) is 0 Å². The molecule has 1 fully saturated rings. The lowest BCUT2D eigenvalue weighted by Gasteiger charge is -2.40. The van der Waals surface area contributed by atoms with Gasteiger partial charge < -0.3 is 5.32 Å². The van der Waals surface area contributed by atoms with Gasteiger partial charge in [-0.2, -0.15) is 0 Å². The molecule has 1 saturated heterocycles. The molecule has 1 aromatic rings. The Morgan fingerprint density at radius 2 is 2.00 bits per heavy atom. The summed E-state index contributed by atoms with van der Waals surface area (Å²) in [6.45, 7) is 10.00. The van der Waals surface area contributed by atoms with Crippen LogP contribution in [-0.2, 0) is 6.42 Å². The number of carbonyl (C=O) groups excluding carboxylic acids is 1. The van der Waals surface area contributed by atoms with E-state index in [2.05, 4.69) is 23.2 Å². The molecule has 0 saturated carbocycles. The molecule has 3 nitrogen and oxygen atoms in total. The van der Waals surface area contributed by atoms with Crippen molar-refractivity contribution in [1.29, 1.82) is 0 Å². The molecule has 0 aromatic heterocycles. The Morgan fingerprint density at radius 1 is 1.32 bits per heavy atom. The number of aryl methyl sites for hydroxylation is 1. The Hall–Kier alpha value is -1.19. The van der Waals surface area contributed by atoms with Crippen LogP contribution in [0, 0.1) is 0 Å². The first kappa shape index (κ1) is 14.2. The van der Waals surface area contributed by atoms with E-state index in [0.717, 1.165) is 38.2 Å². The van der Waals surface area contributed by atoms with Crippen LogP contribution in [0.5, 0.6) is 0 Å². The van der Waals surface area contributed by atoms with Crippen molar-refractivity contribution < 1.29 is 4.79 Å². The molecule has 0 aliphatic carbocycles. The zero-order chi connectivity index (χ0) is 13.9. The molecule has 0 bridgehead atoms. The average Bonchev–Trinajstić information content (AvgIpc) is 2.47. The van der Waals surface area contributed by atoms with Gasteiger partial charge in [0.25, 0.3) is 0 Å². The number of ketones is 1. The molecule has 3 heteroatoms. The van der Waals surface area contributed by atoms with E-state index >= 15 is 0 Å². The summed E-state index contributed by atoms with van der Waals surface area (Å²) < 4.78 is 0. The number of benzene rings is 1. The number of carbonyl (C=O) groups is 1. The molecule has 1 aromatic carbocycles. The molecule has 0 amide bonds. The lowest BCUT2D eigenvalue weighted by Crippen LogP contribution is -2.57. The van der Waals surface area contributed by atoms with E-state index in [9.17, 15) is 4.79 Å². The molecule has 1 N–H and O–H groups in total. The van der Waals surface area contributed by atoms with Crippen molar-refractivity contribution in [1.82, 2.24) is 10.2 Å². The van der Waals surface area contributed by atoms with Crippen LogP contribution in [0.2, 0.25) is 0 Å². The topological polar surface area (TPSA) is 32.3 Å². The highest BCUT2D eigenvalue weighted by Crippen LogP contribution is 2.21. The molecule has 1 aliphatic heterocycles. The number of piperazine rings is 1. The number of hydrogen-bond acceptors (Lipinski definition) is 3. The van der Waals surface area contributed by atoms with Gasteiger partial charge in [0, 0.05) is 31.7 Å². The quantitative estimate of drug-likeness (QED) is 0.842. The van der Waals surface area contributed by atoms with Crippen molar-refractivity contribution in [3.8, 4) is 0 Å². The smallest absolute Gasteiger partial charge is 0.182 e. The minimum Gasteiger partial charge on any atom is -0.314 e. The Bertz CT molecular complexity index is 448. The predicted molar refractivity (Wildman–Crippen MR) is 78.7 cm³/mol. The largest absolute Gasteiger partial charge is 0.314 e. The van der Waals surface area contributed by atoms with E-state index in [-0.39, 0.29) is 5.78 Å². The number of rotatable bonds is 4. The molecule has 2 rings (SSSR count). The second kappa shape index (κ2) is 5.85. The first-order chi connectivity index (χ1) is 9.05. The molecular weight excluding hydrogens is 236 g/mol. The fraction of sp³-hybridized carbons (Fsp3) is 0.562. The summed E-state index contributed by atoms with van der Waals surface area (Å²) in [4.78, 5) is 15.1. The van der Waals surface area contributed by atoms with Crippen LogP contribution in [-0.4, -0.2) is 42.4 Å². The Morgan fingerprint density at radius 3 is 2.63 bits per heavy atom. The monoisotopic (exact) mass is 260 g/mol. The summed E-state index contributed by atoms with van der Waals surface area (Å²) in [6, 6.07) is 8.03. The van der Waals surface area contributed by atoms with Gasteiger partial charge in [-0.1, -0.05) is 25.1 Å². The van der Waals surface area contributed by atoms with Crippen LogP contribution in [0.25, 0.3) is 0 Å². The van der Waals surface area contributed by atoms with Gasteiger partial charge in [0.1, 0.15) is 0 Å². The lowest BCUT2D eigenvalue weighted by molar-refractivity contribution is 0.0602.